The quantitative estimate of drug-likeness (QED) is 0.730. The second-order valence-corrected chi connectivity index (χ2v) is 6.56. The maximum atomic E-state index is 3.49. The van der Waals surface area contributed by atoms with Crippen LogP contribution in [0.4, 0.5) is 0 Å². The largest absolute Gasteiger partial charge is 0.313 e. The van der Waals surface area contributed by atoms with Crippen LogP contribution in [0.1, 0.15) is 52.4 Å². The molecule has 1 aliphatic rings. The number of allylic oxidation sites excluding steroid dienone is 1. The van der Waals surface area contributed by atoms with E-state index in [-0.39, 0.29) is 0 Å². The van der Waals surface area contributed by atoms with Gasteiger partial charge in [-0.3, -0.25) is 0 Å². The lowest BCUT2D eigenvalue weighted by molar-refractivity contribution is 0.583. The Morgan fingerprint density at radius 2 is 2.00 bits per heavy atom. The van der Waals surface area contributed by atoms with Gasteiger partial charge in [-0.15, -0.1) is 0 Å². The highest BCUT2D eigenvalue weighted by atomic mass is 32.2. The Hall–Kier alpha value is 0.0500. The minimum atomic E-state index is 0.602. The lowest BCUT2D eigenvalue weighted by Gasteiger charge is -2.22. The van der Waals surface area contributed by atoms with Gasteiger partial charge in [0.25, 0.3) is 0 Å². The zero-order chi connectivity index (χ0) is 11.8. The van der Waals surface area contributed by atoms with Gasteiger partial charge < -0.3 is 5.32 Å². The summed E-state index contributed by atoms with van der Waals surface area (Å²) < 4.78 is 0. The summed E-state index contributed by atoms with van der Waals surface area (Å²) >= 11 is 2.07. The van der Waals surface area contributed by atoms with Crippen molar-refractivity contribution in [1.82, 2.24) is 5.32 Å². The molecule has 1 atom stereocenters. The van der Waals surface area contributed by atoms with Gasteiger partial charge in [-0.1, -0.05) is 38.3 Å². The summed E-state index contributed by atoms with van der Waals surface area (Å²) in [6.07, 6.45) is 10.7. The molecule has 0 bridgehead atoms. The van der Waals surface area contributed by atoms with Crippen molar-refractivity contribution in [2.45, 2.75) is 63.7 Å². The smallest absolute Gasteiger partial charge is 0.0368 e. The number of likely N-dealkylation sites (N-methyl/N-ethyl adjacent to an activating group) is 1. The summed E-state index contributed by atoms with van der Waals surface area (Å²) in [6.45, 7) is 4.56. The molecule has 0 heterocycles. The van der Waals surface area contributed by atoms with E-state index in [2.05, 4.69) is 44.0 Å². The monoisotopic (exact) mass is 241 g/mol. The van der Waals surface area contributed by atoms with Crippen LogP contribution in [0.25, 0.3) is 0 Å². The summed E-state index contributed by atoms with van der Waals surface area (Å²) in [6, 6.07) is 0.602. The molecule has 94 valence electrons. The van der Waals surface area contributed by atoms with Crippen LogP contribution < -0.4 is 5.32 Å². The number of hydrogen-bond acceptors (Lipinski definition) is 2. The van der Waals surface area contributed by atoms with Crippen LogP contribution in [-0.2, 0) is 0 Å². The third kappa shape index (κ3) is 5.40. The Bertz CT molecular complexity index is 211. The van der Waals surface area contributed by atoms with Crippen LogP contribution in [0.3, 0.4) is 0 Å². The maximum absolute atomic E-state index is 3.49. The second kappa shape index (κ2) is 8.19. The molecular formula is C14H27NS. The van der Waals surface area contributed by atoms with Crippen molar-refractivity contribution in [2.75, 3.05) is 12.8 Å². The SMILES string of the molecule is CNC(CSC(C)C)C1=CCCCCCC1. The summed E-state index contributed by atoms with van der Waals surface area (Å²) in [4.78, 5) is 0. The fourth-order valence-electron chi connectivity index (χ4n) is 2.20. The normalized spacial score (nSPS) is 20.1. The van der Waals surface area contributed by atoms with Gasteiger partial charge in [-0.25, -0.2) is 0 Å². The highest BCUT2D eigenvalue weighted by Gasteiger charge is 2.13. The molecule has 0 aromatic rings. The van der Waals surface area contributed by atoms with Crippen molar-refractivity contribution < 1.29 is 0 Å². The van der Waals surface area contributed by atoms with E-state index in [0.29, 0.717) is 6.04 Å². The molecule has 1 aliphatic carbocycles. The van der Waals surface area contributed by atoms with Gasteiger partial charge in [0, 0.05) is 11.8 Å². The molecule has 0 saturated carbocycles. The molecule has 1 N–H and O–H groups in total. The maximum Gasteiger partial charge on any atom is 0.0368 e. The molecule has 1 nitrogen and oxygen atoms in total. The van der Waals surface area contributed by atoms with Gasteiger partial charge in [0.1, 0.15) is 0 Å². The van der Waals surface area contributed by atoms with Gasteiger partial charge in [0.2, 0.25) is 0 Å². The molecule has 16 heavy (non-hydrogen) atoms. The van der Waals surface area contributed by atoms with Gasteiger partial charge in [-0.2, -0.15) is 11.8 Å². The molecule has 0 saturated heterocycles. The lowest BCUT2D eigenvalue weighted by Crippen LogP contribution is -2.30. The predicted octanol–water partition coefficient (Wildman–Crippen LogP) is 4.00. The van der Waals surface area contributed by atoms with E-state index in [9.17, 15) is 0 Å². The van der Waals surface area contributed by atoms with Gasteiger partial charge >= 0.3 is 0 Å². The fourth-order valence-corrected chi connectivity index (χ4v) is 3.16. The van der Waals surface area contributed by atoms with Crippen LogP contribution >= 0.6 is 11.8 Å². The van der Waals surface area contributed by atoms with Crippen molar-refractivity contribution in [3.05, 3.63) is 11.6 Å². The molecule has 1 unspecified atom stereocenters. The standard InChI is InChI=1S/C14H27NS/c1-12(2)16-11-14(15-3)13-9-7-5-4-6-8-10-13/h9,12,14-15H,4-8,10-11H2,1-3H3. The van der Waals surface area contributed by atoms with E-state index in [1.165, 1.54) is 44.3 Å². The summed E-state index contributed by atoms with van der Waals surface area (Å²) in [5, 5.41) is 4.23. The molecule has 0 fully saturated rings. The second-order valence-electron chi connectivity index (χ2n) is 4.96. The Labute approximate surface area is 105 Å². The zero-order valence-electron chi connectivity index (χ0n) is 11.1. The molecule has 0 spiro atoms. The van der Waals surface area contributed by atoms with Crippen LogP contribution in [0.15, 0.2) is 11.6 Å². The first-order valence-electron chi connectivity index (χ1n) is 6.72. The lowest BCUT2D eigenvalue weighted by atomic mass is 9.96. The molecule has 0 aromatic carbocycles. The minimum Gasteiger partial charge on any atom is -0.313 e. The van der Waals surface area contributed by atoms with Crippen molar-refractivity contribution in [3.63, 3.8) is 0 Å². The number of thioether (sulfide) groups is 1. The first kappa shape index (κ1) is 14.1. The van der Waals surface area contributed by atoms with E-state index < -0.39 is 0 Å². The molecule has 0 aromatic heterocycles. The third-order valence-electron chi connectivity index (χ3n) is 3.22. The van der Waals surface area contributed by atoms with Crippen molar-refractivity contribution in [1.29, 1.82) is 0 Å². The molecule has 0 radical (unpaired) electrons. The van der Waals surface area contributed by atoms with E-state index in [1.54, 1.807) is 5.57 Å². The Kier molecular flexibility index (Phi) is 7.22. The van der Waals surface area contributed by atoms with E-state index in [4.69, 9.17) is 0 Å². The summed E-state index contributed by atoms with van der Waals surface area (Å²) in [7, 11) is 2.10. The van der Waals surface area contributed by atoms with Gasteiger partial charge in [0.15, 0.2) is 0 Å². The highest BCUT2D eigenvalue weighted by Crippen LogP contribution is 2.22. The topological polar surface area (TPSA) is 12.0 Å². The summed E-state index contributed by atoms with van der Waals surface area (Å²) in [5.41, 5.74) is 1.66. The van der Waals surface area contributed by atoms with Gasteiger partial charge in [-0.05, 0) is 38.0 Å². The number of nitrogens with one attached hydrogen (secondary N) is 1. The number of hydrogen-bond donors (Lipinski definition) is 1. The Morgan fingerprint density at radius 1 is 1.25 bits per heavy atom. The molecule has 0 aliphatic heterocycles. The van der Waals surface area contributed by atoms with Crippen molar-refractivity contribution >= 4 is 11.8 Å². The van der Waals surface area contributed by atoms with Crippen LogP contribution in [-0.4, -0.2) is 24.1 Å². The molecule has 2 heteroatoms. The van der Waals surface area contributed by atoms with E-state index >= 15 is 0 Å². The fraction of sp³-hybridized carbons (Fsp3) is 0.857. The Balaban J connectivity index is 2.47. The highest BCUT2D eigenvalue weighted by molar-refractivity contribution is 7.99. The minimum absolute atomic E-state index is 0.602. The third-order valence-corrected chi connectivity index (χ3v) is 4.41. The average molecular weight is 241 g/mol. The van der Waals surface area contributed by atoms with E-state index in [0.717, 1.165) is 5.25 Å². The first-order chi connectivity index (χ1) is 7.74. The van der Waals surface area contributed by atoms with Gasteiger partial charge in [0.05, 0.1) is 0 Å². The van der Waals surface area contributed by atoms with Crippen molar-refractivity contribution in [3.8, 4) is 0 Å². The number of rotatable bonds is 5. The molecule has 1 rings (SSSR count). The average Bonchev–Trinajstić information content (AvgIpc) is 2.20. The molecular weight excluding hydrogens is 214 g/mol. The van der Waals surface area contributed by atoms with Crippen LogP contribution in [0.2, 0.25) is 0 Å². The molecule has 0 amide bonds. The summed E-state index contributed by atoms with van der Waals surface area (Å²) in [5.74, 6) is 1.22. The van der Waals surface area contributed by atoms with Crippen LogP contribution in [0, 0.1) is 0 Å². The van der Waals surface area contributed by atoms with Crippen molar-refractivity contribution in [2.24, 2.45) is 0 Å². The zero-order valence-corrected chi connectivity index (χ0v) is 11.9. The predicted molar refractivity (Wildman–Crippen MR) is 76.2 cm³/mol. The first-order valence-corrected chi connectivity index (χ1v) is 7.76. The van der Waals surface area contributed by atoms with Crippen LogP contribution in [0.5, 0.6) is 0 Å². The van der Waals surface area contributed by atoms with E-state index in [1.807, 2.05) is 0 Å². The Morgan fingerprint density at radius 3 is 2.69 bits per heavy atom.